The van der Waals surface area contributed by atoms with E-state index in [0.717, 1.165) is 25.8 Å². The minimum Gasteiger partial charge on any atom is -0.317 e. The van der Waals surface area contributed by atoms with Gasteiger partial charge in [-0.3, -0.25) is 0 Å². The summed E-state index contributed by atoms with van der Waals surface area (Å²) in [7, 11) is 2.01. The summed E-state index contributed by atoms with van der Waals surface area (Å²) in [5, 5.41) is 4.40. The van der Waals surface area contributed by atoms with Gasteiger partial charge in [0.2, 0.25) is 5.95 Å². The number of rotatable bonds is 2. The van der Waals surface area contributed by atoms with Gasteiger partial charge in [0.1, 0.15) is 0 Å². The maximum Gasteiger partial charge on any atom is 0.208 e. The van der Waals surface area contributed by atoms with E-state index in [-0.39, 0.29) is 0 Å². The van der Waals surface area contributed by atoms with E-state index < -0.39 is 0 Å². The number of hydrogen-bond donors (Lipinski definition) is 1. The molecule has 0 spiro atoms. The van der Waals surface area contributed by atoms with Crippen LogP contribution >= 0.6 is 27.3 Å². The highest BCUT2D eigenvalue weighted by molar-refractivity contribution is 9.11. The molecule has 0 amide bonds. The molecule has 0 atom stereocenters. The Morgan fingerprint density at radius 3 is 2.76 bits per heavy atom. The molecule has 0 unspecified atom stereocenters. The molecular weight excluding hydrogens is 298 g/mol. The lowest BCUT2D eigenvalue weighted by Crippen LogP contribution is -1.97. The molecule has 0 saturated carbocycles. The summed E-state index contributed by atoms with van der Waals surface area (Å²) in [6.07, 6.45) is 0. The quantitative estimate of drug-likeness (QED) is 0.771. The van der Waals surface area contributed by atoms with Crippen LogP contribution in [0.2, 0.25) is 0 Å². The molecule has 2 heterocycles. The fraction of sp³-hybridized carbons (Fsp3) is 0.0833. The van der Waals surface area contributed by atoms with E-state index in [1.807, 2.05) is 37.4 Å². The largest absolute Gasteiger partial charge is 0.317 e. The summed E-state index contributed by atoms with van der Waals surface area (Å²) in [5.74, 6) is 0.862. The number of thiophene rings is 1. The molecule has 3 aromatic rings. The van der Waals surface area contributed by atoms with Crippen molar-refractivity contribution in [2.75, 3.05) is 5.32 Å². The van der Waals surface area contributed by atoms with Gasteiger partial charge in [0.25, 0.3) is 0 Å². The first-order chi connectivity index (χ1) is 8.24. The Labute approximate surface area is 111 Å². The van der Waals surface area contributed by atoms with Crippen LogP contribution in [0.5, 0.6) is 0 Å². The summed E-state index contributed by atoms with van der Waals surface area (Å²) in [6.45, 7) is 0. The minimum atomic E-state index is 0.862. The lowest BCUT2D eigenvalue weighted by Gasteiger charge is -2.02. The van der Waals surface area contributed by atoms with E-state index >= 15 is 0 Å². The molecule has 0 aliphatic rings. The average molecular weight is 308 g/mol. The molecule has 1 aromatic carbocycles. The fourth-order valence-electron chi connectivity index (χ4n) is 1.75. The van der Waals surface area contributed by atoms with Crippen LogP contribution in [0.1, 0.15) is 0 Å². The van der Waals surface area contributed by atoms with Crippen LogP contribution in [0.3, 0.4) is 0 Å². The minimum absolute atomic E-state index is 0.862. The smallest absolute Gasteiger partial charge is 0.208 e. The SMILES string of the molecule is Cn1c(Nc2ccc(Br)s2)nc2ccccc21. The number of imidazole rings is 1. The lowest BCUT2D eigenvalue weighted by molar-refractivity contribution is 0.959. The number of aromatic nitrogens is 2. The first-order valence-corrected chi connectivity index (χ1v) is 6.79. The van der Waals surface area contributed by atoms with Gasteiger partial charge in [-0.05, 0) is 40.2 Å². The van der Waals surface area contributed by atoms with Crippen LogP contribution in [0.15, 0.2) is 40.2 Å². The maximum atomic E-state index is 4.56. The number of anilines is 2. The van der Waals surface area contributed by atoms with Gasteiger partial charge < -0.3 is 9.88 Å². The number of aryl methyl sites for hydroxylation is 1. The van der Waals surface area contributed by atoms with Crippen molar-refractivity contribution in [2.24, 2.45) is 7.05 Å². The second-order valence-electron chi connectivity index (χ2n) is 3.71. The molecule has 3 nitrogen and oxygen atoms in total. The van der Waals surface area contributed by atoms with E-state index in [2.05, 4.69) is 36.9 Å². The van der Waals surface area contributed by atoms with Crippen LogP contribution < -0.4 is 5.32 Å². The van der Waals surface area contributed by atoms with Gasteiger partial charge in [-0.2, -0.15) is 0 Å². The Bertz CT molecular complexity index is 671. The van der Waals surface area contributed by atoms with Gasteiger partial charge in [0, 0.05) is 7.05 Å². The Morgan fingerprint density at radius 1 is 1.24 bits per heavy atom. The van der Waals surface area contributed by atoms with E-state index in [1.165, 1.54) is 0 Å². The molecule has 86 valence electrons. The molecule has 3 rings (SSSR count). The predicted octanol–water partition coefficient (Wildman–Crippen LogP) is 4.14. The second kappa shape index (κ2) is 4.16. The topological polar surface area (TPSA) is 29.9 Å². The predicted molar refractivity (Wildman–Crippen MR) is 76.0 cm³/mol. The molecule has 0 bridgehead atoms. The monoisotopic (exact) mass is 307 g/mol. The van der Waals surface area contributed by atoms with E-state index in [1.54, 1.807) is 11.3 Å². The van der Waals surface area contributed by atoms with Gasteiger partial charge in [0.05, 0.1) is 19.8 Å². The van der Waals surface area contributed by atoms with Gasteiger partial charge in [-0.1, -0.05) is 12.1 Å². The van der Waals surface area contributed by atoms with Crippen LogP contribution in [-0.4, -0.2) is 9.55 Å². The third kappa shape index (κ3) is 1.96. The number of para-hydroxylation sites is 2. The van der Waals surface area contributed by atoms with Crippen molar-refractivity contribution >= 4 is 49.2 Å². The molecule has 5 heteroatoms. The number of nitrogens with zero attached hydrogens (tertiary/aromatic N) is 2. The lowest BCUT2D eigenvalue weighted by atomic mass is 10.3. The van der Waals surface area contributed by atoms with Crippen LogP contribution in [0.4, 0.5) is 10.9 Å². The number of benzene rings is 1. The van der Waals surface area contributed by atoms with Crippen molar-refractivity contribution in [3.05, 3.63) is 40.2 Å². The van der Waals surface area contributed by atoms with Crippen LogP contribution in [0, 0.1) is 0 Å². The first-order valence-electron chi connectivity index (χ1n) is 5.18. The van der Waals surface area contributed by atoms with Gasteiger partial charge in [0.15, 0.2) is 0 Å². The van der Waals surface area contributed by atoms with Gasteiger partial charge >= 0.3 is 0 Å². The third-order valence-electron chi connectivity index (χ3n) is 2.60. The van der Waals surface area contributed by atoms with Crippen molar-refractivity contribution < 1.29 is 0 Å². The van der Waals surface area contributed by atoms with E-state index in [9.17, 15) is 0 Å². The van der Waals surface area contributed by atoms with Crippen molar-refractivity contribution in [1.29, 1.82) is 0 Å². The fourth-order valence-corrected chi connectivity index (χ4v) is 3.03. The van der Waals surface area contributed by atoms with Gasteiger partial charge in [-0.15, -0.1) is 11.3 Å². The summed E-state index contributed by atoms with van der Waals surface area (Å²) >= 11 is 5.10. The molecule has 17 heavy (non-hydrogen) atoms. The number of fused-ring (bicyclic) bond motifs is 1. The summed E-state index contributed by atoms with van der Waals surface area (Å²) < 4.78 is 3.17. The standard InChI is InChI=1S/C12H10BrN3S/c1-16-9-5-3-2-4-8(9)14-12(16)15-11-7-6-10(13)17-11/h2-7H,1H3,(H,14,15). The molecule has 2 aromatic heterocycles. The molecule has 1 N–H and O–H groups in total. The Hall–Kier alpha value is -1.33. The zero-order valence-electron chi connectivity index (χ0n) is 9.14. The number of nitrogens with one attached hydrogen (secondary N) is 1. The molecule has 0 aliphatic carbocycles. The molecule has 0 fully saturated rings. The second-order valence-corrected chi connectivity index (χ2v) is 6.17. The van der Waals surface area contributed by atoms with Crippen molar-refractivity contribution in [3.63, 3.8) is 0 Å². The van der Waals surface area contributed by atoms with Gasteiger partial charge in [-0.25, -0.2) is 4.98 Å². The highest BCUT2D eigenvalue weighted by Crippen LogP contribution is 2.29. The Kier molecular flexibility index (Phi) is 2.64. The third-order valence-corrected chi connectivity index (χ3v) is 4.13. The summed E-state index contributed by atoms with van der Waals surface area (Å²) in [5.41, 5.74) is 2.14. The van der Waals surface area contributed by atoms with Crippen LogP contribution in [-0.2, 0) is 7.05 Å². The molecule has 0 aliphatic heterocycles. The van der Waals surface area contributed by atoms with Crippen molar-refractivity contribution in [2.45, 2.75) is 0 Å². The first kappa shape index (κ1) is 10.8. The number of hydrogen-bond acceptors (Lipinski definition) is 3. The average Bonchev–Trinajstić information content (AvgIpc) is 2.86. The van der Waals surface area contributed by atoms with E-state index in [4.69, 9.17) is 0 Å². The molecule has 0 saturated heterocycles. The Morgan fingerprint density at radius 2 is 2.06 bits per heavy atom. The maximum absolute atomic E-state index is 4.56. The normalized spacial score (nSPS) is 10.9. The molecular formula is C12H10BrN3S. The summed E-state index contributed by atoms with van der Waals surface area (Å²) in [6, 6.07) is 12.2. The van der Waals surface area contributed by atoms with Crippen molar-refractivity contribution in [3.8, 4) is 0 Å². The van der Waals surface area contributed by atoms with E-state index in [0.29, 0.717) is 0 Å². The highest BCUT2D eigenvalue weighted by Gasteiger charge is 2.07. The zero-order valence-corrected chi connectivity index (χ0v) is 11.5. The highest BCUT2D eigenvalue weighted by atomic mass is 79.9. The Balaban J connectivity index is 2.03. The van der Waals surface area contributed by atoms with Crippen LogP contribution in [0.25, 0.3) is 11.0 Å². The summed E-state index contributed by atoms with van der Waals surface area (Å²) in [4.78, 5) is 4.56. The van der Waals surface area contributed by atoms with Crippen molar-refractivity contribution in [1.82, 2.24) is 9.55 Å². The zero-order chi connectivity index (χ0) is 11.8. The molecule has 0 radical (unpaired) electrons. The number of halogens is 1.